The van der Waals surface area contributed by atoms with Gasteiger partial charge in [0.2, 0.25) is 0 Å². The van der Waals surface area contributed by atoms with Gasteiger partial charge < -0.3 is 15.3 Å². The molecule has 0 aliphatic carbocycles. The first-order chi connectivity index (χ1) is 8.99. The average molecular weight is 311 g/mol. The van der Waals surface area contributed by atoms with Gasteiger partial charge in [0, 0.05) is 11.4 Å². The summed E-state index contributed by atoms with van der Waals surface area (Å²) in [4.78, 5) is 14.7. The number of nitrogens with one attached hydrogen (secondary N) is 1. The first-order valence-corrected chi connectivity index (χ1v) is 7.63. The van der Waals surface area contributed by atoms with E-state index < -0.39 is 5.97 Å². The zero-order valence-corrected chi connectivity index (χ0v) is 12.8. The number of nitrogens with zero attached hydrogens (tertiary/aromatic N) is 1. The number of piperidine rings is 1. The van der Waals surface area contributed by atoms with E-state index >= 15 is 0 Å². The average Bonchev–Trinajstić information content (AvgIpc) is 2.66. The zero-order chi connectivity index (χ0) is 14.0. The van der Waals surface area contributed by atoms with Crippen molar-refractivity contribution in [3.63, 3.8) is 0 Å². The summed E-state index contributed by atoms with van der Waals surface area (Å²) in [5.74, 6) is -0.319. The Morgan fingerprint density at radius 3 is 2.65 bits per heavy atom. The predicted octanol–water partition coefficient (Wildman–Crippen LogP) is 2.51. The number of anilines is 1. The number of carboxylic acid groups (broad SMARTS) is 1. The molecule has 1 aliphatic heterocycles. The molecule has 1 fully saturated rings. The molecule has 0 radical (unpaired) electrons. The van der Waals surface area contributed by atoms with Crippen LogP contribution in [0, 0.1) is 12.8 Å². The van der Waals surface area contributed by atoms with Crippen molar-refractivity contribution in [3.05, 3.63) is 14.8 Å². The van der Waals surface area contributed by atoms with Crippen LogP contribution in [0.4, 0.5) is 5.69 Å². The van der Waals surface area contributed by atoms with Gasteiger partial charge >= 0.3 is 24.8 Å². The molecule has 20 heavy (non-hydrogen) atoms. The summed E-state index contributed by atoms with van der Waals surface area (Å²) in [5, 5.41) is 13.0. The fourth-order valence-electron chi connectivity index (χ4n) is 2.35. The minimum atomic E-state index is -0.911. The molecular weight excluding hydrogens is 291 g/mol. The Kier molecular flexibility index (Phi) is 6.90. The van der Waals surface area contributed by atoms with Crippen LogP contribution in [0.2, 0.25) is 5.02 Å². The normalized spacial score (nSPS) is 16.8. The van der Waals surface area contributed by atoms with Crippen LogP contribution in [0.25, 0.3) is 0 Å². The third kappa shape index (κ3) is 4.16. The number of hydrogen-bond donors (Lipinski definition) is 2. The summed E-state index contributed by atoms with van der Waals surface area (Å²) < 4.78 is 0. The van der Waals surface area contributed by atoms with E-state index in [-0.39, 0.29) is 18.9 Å². The summed E-state index contributed by atoms with van der Waals surface area (Å²) >= 11 is 7.41. The SMILES string of the molecule is Cc1sc(C(=O)O)c(NCC2CCN(C)CC2)c1Cl.[LiH]. The third-order valence-electron chi connectivity index (χ3n) is 3.61. The Morgan fingerprint density at radius 1 is 1.50 bits per heavy atom. The van der Waals surface area contributed by atoms with Crippen LogP contribution in [-0.4, -0.2) is 61.5 Å². The summed E-state index contributed by atoms with van der Waals surface area (Å²) in [5.41, 5.74) is 0.593. The minimum absolute atomic E-state index is 0. The van der Waals surface area contributed by atoms with Crippen molar-refractivity contribution in [1.29, 1.82) is 0 Å². The molecule has 2 N–H and O–H groups in total. The number of aromatic carboxylic acids is 1. The Morgan fingerprint density at radius 2 is 2.10 bits per heavy atom. The van der Waals surface area contributed by atoms with Gasteiger partial charge in [-0.2, -0.15) is 0 Å². The van der Waals surface area contributed by atoms with Crippen molar-refractivity contribution in [1.82, 2.24) is 4.90 Å². The molecule has 7 heteroatoms. The molecule has 0 spiro atoms. The number of carbonyl (C=O) groups is 1. The fraction of sp³-hybridized carbons (Fsp3) is 0.615. The van der Waals surface area contributed by atoms with E-state index in [9.17, 15) is 9.90 Å². The Bertz CT molecular complexity index is 473. The van der Waals surface area contributed by atoms with Gasteiger partial charge in [-0.3, -0.25) is 0 Å². The number of carboxylic acids is 1. The number of halogens is 1. The second kappa shape index (κ2) is 7.72. The first-order valence-electron chi connectivity index (χ1n) is 6.43. The zero-order valence-electron chi connectivity index (χ0n) is 11.2. The number of hydrogen-bond acceptors (Lipinski definition) is 4. The number of aryl methyl sites for hydroxylation is 1. The van der Waals surface area contributed by atoms with Gasteiger partial charge in [0.15, 0.2) is 0 Å². The van der Waals surface area contributed by atoms with Gasteiger partial charge in [0.25, 0.3) is 0 Å². The molecule has 0 bridgehead atoms. The predicted molar refractivity (Wildman–Crippen MR) is 86.9 cm³/mol. The van der Waals surface area contributed by atoms with Crippen LogP contribution < -0.4 is 5.32 Å². The molecule has 1 saturated heterocycles. The standard InChI is InChI=1S/C13H19ClN2O2S.Li.H/c1-8-10(14)11(12(19-8)13(17)18)15-7-9-3-5-16(2)6-4-9;;/h9,15H,3-7H2,1-2H3,(H,17,18);;. The van der Waals surface area contributed by atoms with Crippen LogP contribution in [0.3, 0.4) is 0 Å². The monoisotopic (exact) mass is 310 g/mol. The molecule has 0 saturated carbocycles. The summed E-state index contributed by atoms with van der Waals surface area (Å²) in [7, 11) is 2.13. The summed E-state index contributed by atoms with van der Waals surface area (Å²) in [6.45, 7) is 4.85. The second-order valence-corrected chi connectivity index (χ2v) is 6.71. The number of likely N-dealkylation sites (tertiary alicyclic amines) is 1. The van der Waals surface area contributed by atoms with Gasteiger partial charge in [-0.15, -0.1) is 11.3 Å². The van der Waals surface area contributed by atoms with Crippen LogP contribution in [-0.2, 0) is 0 Å². The molecule has 1 aromatic rings. The van der Waals surface area contributed by atoms with Crippen molar-refractivity contribution >= 4 is 53.5 Å². The number of rotatable bonds is 4. The quantitative estimate of drug-likeness (QED) is 0.839. The maximum absolute atomic E-state index is 11.2. The van der Waals surface area contributed by atoms with Crippen molar-refractivity contribution in [2.75, 3.05) is 32.0 Å². The molecule has 2 rings (SSSR count). The molecule has 0 unspecified atom stereocenters. The van der Waals surface area contributed by atoms with E-state index in [4.69, 9.17) is 11.6 Å². The van der Waals surface area contributed by atoms with Gasteiger partial charge in [-0.1, -0.05) is 11.6 Å². The number of thiophene rings is 1. The third-order valence-corrected chi connectivity index (χ3v) is 5.29. The van der Waals surface area contributed by atoms with Crippen LogP contribution in [0.1, 0.15) is 27.4 Å². The maximum atomic E-state index is 11.2. The van der Waals surface area contributed by atoms with E-state index in [0.29, 0.717) is 21.5 Å². The van der Waals surface area contributed by atoms with Crippen LogP contribution >= 0.6 is 22.9 Å². The van der Waals surface area contributed by atoms with E-state index in [1.807, 2.05) is 6.92 Å². The first kappa shape index (κ1) is 17.9. The molecule has 0 atom stereocenters. The molecule has 0 aromatic carbocycles. The molecule has 2 heterocycles. The van der Waals surface area contributed by atoms with E-state index in [2.05, 4.69) is 17.3 Å². The summed E-state index contributed by atoms with van der Waals surface area (Å²) in [6, 6.07) is 0. The Labute approximate surface area is 140 Å². The van der Waals surface area contributed by atoms with E-state index in [1.54, 1.807) is 0 Å². The molecule has 108 valence electrons. The molecule has 1 aliphatic rings. The van der Waals surface area contributed by atoms with E-state index in [0.717, 1.165) is 37.4 Å². The molecule has 4 nitrogen and oxygen atoms in total. The molecule has 0 amide bonds. The van der Waals surface area contributed by atoms with Gasteiger partial charge in [-0.25, -0.2) is 4.79 Å². The van der Waals surface area contributed by atoms with Gasteiger partial charge in [-0.05, 0) is 45.8 Å². The Balaban J connectivity index is 0.00000200. The van der Waals surface area contributed by atoms with E-state index in [1.165, 1.54) is 11.3 Å². The van der Waals surface area contributed by atoms with Crippen LogP contribution in [0.15, 0.2) is 0 Å². The Hall–Kier alpha value is -0.183. The van der Waals surface area contributed by atoms with Gasteiger partial charge in [0.05, 0.1) is 10.7 Å². The van der Waals surface area contributed by atoms with Crippen molar-refractivity contribution in [2.24, 2.45) is 5.92 Å². The fourth-order valence-corrected chi connectivity index (χ4v) is 3.54. The van der Waals surface area contributed by atoms with Crippen LogP contribution in [0.5, 0.6) is 0 Å². The summed E-state index contributed by atoms with van der Waals surface area (Å²) in [6.07, 6.45) is 2.29. The molecule has 1 aromatic heterocycles. The topological polar surface area (TPSA) is 52.6 Å². The van der Waals surface area contributed by atoms with Crippen molar-refractivity contribution in [3.8, 4) is 0 Å². The van der Waals surface area contributed by atoms with Crippen molar-refractivity contribution in [2.45, 2.75) is 19.8 Å². The van der Waals surface area contributed by atoms with Crippen molar-refractivity contribution < 1.29 is 9.90 Å². The molecular formula is C13H20ClLiN2O2S. The van der Waals surface area contributed by atoms with Gasteiger partial charge in [0.1, 0.15) is 4.88 Å². The second-order valence-electron chi connectivity index (χ2n) is 5.11.